The van der Waals surface area contributed by atoms with Crippen molar-refractivity contribution in [1.29, 1.82) is 0 Å². The summed E-state index contributed by atoms with van der Waals surface area (Å²) >= 11 is 0. The quantitative estimate of drug-likeness (QED) is 0.863. The lowest BCUT2D eigenvalue weighted by Crippen LogP contribution is -2.34. The number of hydrogen-bond acceptors (Lipinski definition) is 3. The van der Waals surface area contributed by atoms with Gasteiger partial charge in [-0.1, -0.05) is 0 Å². The molecule has 2 rings (SSSR count). The lowest BCUT2D eigenvalue weighted by Gasteiger charge is -2.28. The van der Waals surface area contributed by atoms with Crippen LogP contribution in [0.3, 0.4) is 0 Å². The summed E-state index contributed by atoms with van der Waals surface area (Å²) in [6, 6.07) is 8.29. The number of piperidine rings is 1. The number of nitrogens with one attached hydrogen (secondary N) is 1. The molecule has 0 aromatic heterocycles. The third-order valence-electron chi connectivity index (χ3n) is 3.50. The van der Waals surface area contributed by atoms with Gasteiger partial charge in [0.05, 0.1) is 7.11 Å². The summed E-state index contributed by atoms with van der Waals surface area (Å²) in [5.74, 6) is 1.74. The van der Waals surface area contributed by atoms with Crippen LogP contribution in [0.1, 0.15) is 12.8 Å². The first-order valence-corrected chi connectivity index (χ1v) is 6.35. The Morgan fingerprint density at radius 1 is 1.24 bits per heavy atom. The molecule has 1 fully saturated rings. The van der Waals surface area contributed by atoms with E-state index in [1.54, 1.807) is 7.11 Å². The van der Waals surface area contributed by atoms with Crippen molar-refractivity contribution in [3.05, 3.63) is 24.3 Å². The lowest BCUT2D eigenvalue weighted by molar-refractivity contribution is 0.378. The molecule has 0 aliphatic carbocycles. The van der Waals surface area contributed by atoms with Gasteiger partial charge in [0.1, 0.15) is 5.75 Å². The second kappa shape index (κ2) is 5.92. The highest BCUT2D eigenvalue weighted by molar-refractivity contribution is 5.48. The maximum Gasteiger partial charge on any atom is 0.119 e. The molecule has 0 bridgehead atoms. The third kappa shape index (κ3) is 3.37. The molecule has 0 spiro atoms. The molecule has 3 heteroatoms. The fourth-order valence-corrected chi connectivity index (χ4v) is 2.39. The van der Waals surface area contributed by atoms with Gasteiger partial charge < -0.3 is 15.0 Å². The summed E-state index contributed by atoms with van der Waals surface area (Å²) in [6.45, 7) is 3.48. The van der Waals surface area contributed by atoms with Crippen LogP contribution in [0.15, 0.2) is 24.3 Å². The molecule has 1 heterocycles. The molecule has 17 heavy (non-hydrogen) atoms. The molecule has 94 valence electrons. The number of nitrogens with zero attached hydrogens (tertiary/aromatic N) is 1. The zero-order valence-electron chi connectivity index (χ0n) is 10.8. The predicted molar refractivity (Wildman–Crippen MR) is 71.9 cm³/mol. The number of methoxy groups -OCH3 is 1. The van der Waals surface area contributed by atoms with Gasteiger partial charge in [-0.25, -0.2) is 0 Å². The van der Waals surface area contributed by atoms with E-state index in [1.807, 2.05) is 12.1 Å². The molecule has 1 N–H and O–H groups in total. The van der Waals surface area contributed by atoms with Crippen molar-refractivity contribution in [2.24, 2.45) is 5.92 Å². The normalized spacial score (nSPS) is 16.8. The highest BCUT2D eigenvalue weighted by atomic mass is 16.5. The summed E-state index contributed by atoms with van der Waals surface area (Å²) in [5, 5.41) is 3.41. The van der Waals surface area contributed by atoms with Gasteiger partial charge in [-0.2, -0.15) is 0 Å². The third-order valence-corrected chi connectivity index (χ3v) is 3.50. The van der Waals surface area contributed by atoms with Crippen LogP contribution in [0.5, 0.6) is 5.75 Å². The molecule has 1 aromatic carbocycles. The van der Waals surface area contributed by atoms with E-state index in [4.69, 9.17) is 4.74 Å². The summed E-state index contributed by atoms with van der Waals surface area (Å²) in [5.41, 5.74) is 1.27. The molecule has 3 nitrogen and oxygen atoms in total. The van der Waals surface area contributed by atoms with Crippen LogP contribution in [-0.4, -0.2) is 33.8 Å². The average molecular weight is 234 g/mol. The molecule has 0 amide bonds. The van der Waals surface area contributed by atoms with E-state index in [2.05, 4.69) is 29.4 Å². The smallest absolute Gasteiger partial charge is 0.119 e. The van der Waals surface area contributed by atoms with Crippen LogP contribution < -0.4 is 15.0 Å². The van der Waals surface area contributed by atoms with Crippen LogP contribution >= 0.6 is 0 Å². The molecular weight excluding hydrogens is 212 g/mol. The first-order valence-electron chi connectivity index (χ1n) is 6.35. The molecule has 0 saturated carbocycles. The van der Waals surface area contributed by atoms with Crippen molar-refractivity contribution in [2.75, 3.05) is 38.7 Å². The standard InChI is InChI=1S/C14H22N2O/c1-16(11-12-7-9-15-10-8-12)13-3-5-14(17-2)6-4-13/h3-6,12,15H,7-11H2,1-2H3. The Balaban J connectivity index is 1.91. The fraction of sp³-hybridized carbons (Fsp3) is 0.571. The van der Waals surface area contributed by atoms with Gasteiger partial charge in [-0.15, -0.1) is 0 Å². The van der Waals surface area contributed by atoms with E-state index >= 15 is 0 Å². The second-order valence-corrected chi connectivity index (χ2v) is 4.77. The van der Waals surface area contributed by atoms with E-state index in [1.165, 1.54) is 31.6 Å². The monoisotopic (exact) mass is 234 g/mol. The van der Waals surface area contributed by atoms with E-state index in [-0.39, 0.29) is 0 Å². The Kier molecular flexibility index (Phi) is 4.26. The van der Waals surface area contributed by atoms with Gasteiger partial charge in [0, 0.05) is 19.3 Å². The van der Waals surface area contributed by atoms with Crippen molar-refractivity contribution in [3.8, 4) is 5.75 Å². The van der Waals surface area contributed by atoms with Crippen molar-refractivity contribution in [2.45, 2.75) is 12.8 Å². The largest absolute Gasteiger partial charge is 0.497 e. The fourth-order valence-electron chi connectivity index (χ4n) is 2.39. The van der Waals surface area contributed by atoms with E-state index in [0.717, 1.165) is 18.2 Å². The maximum atomic E-state index is 5.17. The van der Waals surface area contributed by atoms with Crippen LogP contribution in [-0.2, 0) is 0 Å². The van der Waals surface area contributed by atoms with Gasteiger partial charge >= 0.3 is 0 Å². The number of ether oxygens (including phenoxy) is 1. The van der Waals surface area contributed by atoms with Gasteiger partial charge in [0.2, 0.25) is 0 Å². The summed E-state index contributed by atoms with van der Waals surface area (Å²) in [4.78, 5) is 2.34. The number of rotatable bonds is 4. The molecule has 0 unspecified atom stereocenters. The Bertz CT molecular complexity index is 331. The van der Waals surface area contributed by atoms with Crippen LogP contribution in [0.25, 0.3) is 0 Å². The average Bonchev–Trinajstić information content (AvgIpc) is 2.40. The Morgan fingerprint density at radius 2 is 1.88 bits per heavy atom. The molecule has 1 saturated heterocycles. The van der Waals surface area contributed by atoms with Gasteiger partial charge in [0.25, 0.3) is 0 Å². The minimum Gasteiger partial charge on any atom is -0.497 e. The van der Waals surface area contributed by atoms with Crippen molar-refractivity contribution in [1.82, 2.24) is 5.32 Å². The Morgan fingerprint density at radius 3 is 2.47 bits per heavy atom. The summed E-state index contributed by atoms with van der Waals surface area (Å²) in [6.07, 6.45) is 2.58. The predicted octanol–water partition coefficient (Wildman–Crippen LogP) is 2.13. The van der Waals surface area contributed by atoms with E-state index in [9.17, 15) is 0 Å². The number of anilines is 1. The lowest BCUT2D eigenvalue weighted by atomic mass is 9.97. The first-order chi connectivity index (χ1) is 8.29. The van der Waals surface area contributed by atoms with E-state index in [0.29, 0.717) is 0 Å². The molecule has 0 radical (unpaired) electrons. The van der Waals surface area contributed by atoms with Crippen LogP contribution in [0, 0.1) is 5.92 Å². The SMILES string of the molecule is COc1ccc(N(C)CC2CCNCC2)cc1. The van der Waals surface area contributed by atoms with Gasteiger partial charge in [-0.05, 0) is 56.1 Å². The molecule has 0 atom stereocenters. The minimum atomic E-state index is 0.823. The van der Waals surface area contributed by atoms with Crippen molar-refractivity contribution < 1.29 is 4.74 Å². The molecule has 1 aromatic rings. The van der Waals surface area contributed by atoms with Crippen molar-refractivity contribution >= 4 is 5.69 Å². The van der Waals surface area contributed by atoms with E-state index < -0.39 is 0 Å². The molecular formula is C14H22N2O. The summed E-state index contributed by atoms with van der Waals surface area (Å²) in [7, 11) is 3.87. The number of benzene rings is 1. The number of hydrogen-bond donors (Lipinski definition) is 1. The highest BCUT2D eigenvalue weighted by Gasteiger charge is 2.15. The Hall–Kier alpha value is -1.22. The van der Waals surface area contributed by atoms with Crippen molar-refractivity contribution in [3.63, 3.8) is 0 Å². The summed E-state index contributed by atoms with van der Waals surface area (Å²) < 4.78 is 5.17. The molecule has 1 aliphatic rings. The van der Waals surface area contributed by atoms with Crippen LogP contribution in [0.4, 0.5) is 5.69 Å². The second-order valence-electron chi connectivity index (χ2n) is 4.77. The minimum absolute atomic E-state index is 0.823. The zero-order valence-corrected chi connectivity index (χ0v) is 10.8. The maximum absolute atomic E-state index is 5.17. The topological polar surface area (TPSA) is 24.5 Å². The van der Waals surface area contributed by atoms with Gasteiger partial charge in [-0.3, -0.25) is 0 Å². The molecule has 1 aliphatic heterocycles. The van der Waals surface area contributed by atoms with Gasteiger partial charge in [0.15, 0.2) is 0 Å². The zero-order chi connectivity index (χ0) is 12.1. The highest BCUT2D eigenvalue weighted by Crippen LogP contribution is 2.21. The first kappa shape index (κ1) is 12.2. The Labute approximate surface area is 104 Å². The van der Waals surface area contributed by atoms with Crippen LogP contribution in [0.2, 0.25) is 0 Å².